The van der Waals surface area contributed by atoms with Crippen LogP contribution in [0.3, 0.4) is 0 Å². The van der Waals surface area contributed by atoms with Crippen LogP contribution in [-0.2, 0) is 16.1 Å². The SMILES string of the molecule is O=C1CCC(OCc2ccccc2)C2CC=CC=C12. The van der Waals surface area contributed by atoms with Crippen molar-refractivity contribution >= 4 is 5.78 Å². The molecular formula is C17H18O2. The van der Waals surface area contributed by atoms with Crippen LogP contribution in [0.5, 0.6) is 0 Å². The fourth-order valence-electron chi connectivity index (χ4n) is 2.90. The summed E-state index contributed by atoms with van der Waals surface area (Å²) in [6, 6.07) is 10.2. The standard InChI is InChI=1S/C17H18O2/c18-16-10-11-17(15-9-5-4-8-14(15)16)19-12-13-6-2-1-3-7-13/h1-8,15,17H,9-12H2. The number of carbonyl (C=O) groups excluding carboxylic acids is 1. The molecule has 0 N–H and O–H groups in total. The second-order valence-electron chi connectivity index (χ2n) is 5.19. The first kappa shape index (κ1) is 12.4. The van der Waals surface area contributed by atoms with Crippen LogP contribution >= 0.6 is 0 Å². The van der Waals surface area contributed by atoms with E-state index in [2.05, 4.69) is 18.2 Å². The van der Waals surface area contributed by atoms with E-state index in [1.54, 1.807) is 0 Å². The topological polar surface area (TPSA) is 26.3 Å². The zero-order valence-electron chi connectivity index (χ0n) is 10.9. The normalized spacial score (nSPS) is 25.9. The summed E-state index contributed by atoms with van der Waals surface area (Å²) in [7, 11) is 0. The molecule has 0 amide bonds. The Labute approximate surface area is 113 Å². The minimum Gasteiger partial charge on any atom is -0.373 e. The number of carbonyl (C=O) groups is 1. The van der Waals surface area contributed by atoms with Gasteiger partial charge in [0, 0.05) is 17.9 Å². The molecule has 2 atom stereocenters. The third-order valence-electron chi connectivity index (χ3n) is 3.93. The number of hydrogen-bond acceptors (Lipinski definition) is 2. The number of ether oxygens (including phenoxy) is 1. The van der Waals surface area contributed by atoms with Crippen molar-refractivity contribution in [2.75, 3.05) is 0 Å². The Bertz CT molecular complexity index is 513. The summed E-state index contributed by atoms with van der Waals surface area (Å²) in [6.07, 6.45) is 8.66. The Balaban J connectivity index is 1.67. The van der Waals surface area contributed by atoms with Crippen molar-refractivity contribution in [3.05, 3.63) is 59.7 Å². The molecule has 0 aromatic heterocycles. The van der Waals surface area contributed by atoms with Crippen molar-refractivity contribution < 1.29 is 9.53 Å². The summed E-state index contributed by atoms with van der Waals surface area (Å²) in [5.74, 6) is 0.559. The van der Waals surface area contributed by atoms with Gasteiger partial charge in [0.15, 0.2) is 5.78 Å². The molecule has 98 valence electrons. The monoisotopic (exact) mass is 254 g/mol. The molecule has 19 heavy (non-hydrogen) atoms. The van der Waals surface area contributed by atoms with Gasteiger partial charge in [-0.15, -0.1) is 0 Å². The maximum absolute atomic E-state index is 11.9. The quantitative estimate of drug-likeness (QED) is 0.826. The van der Waals surface area contributed by atoms with Crippen LogP contribution in [0.15, 0.2) is 54.1 Å². The Hall–Kier alpha value is -1.67. The zero-order chi connectivity index (χ0) is 13.1. The Kier molecular flexibility index (Phi) is 3.60. The molecule has 2 aliphatic carbocycles. The minimum atomic E-state index is 0.175. The van der Waals surface area contributed by atoms with Gasteiger partial charge in [0.2, 0.25) is 0 Å². The largest absolute Gasteiger partial charge is 0.373 e. The van der Waals surface area contributed by atoms with Gasteiger partial charge in [0.05, 0.1) is 12.7 Å². The predicted octanol–water partition coefficient (Wildman–Crippen LogP) is 3.44. The van der Waals surface area contributed by atoms with Gasteiger partial charge in [-0.25, -0.2) is 0 Å². The molecule has 0 radical (unpaired) electrons. The molecule has 0 saturated heterocycles. The number of fused-ring (bicyclic) bond motifs is 1. The van der Waals surface area contributed by atoms with Gasteiger partial charge in [-0.05, 0) is 18.4 Å². The summed E-state index contributed by atoms with van der Waals surface area (Å²) in [4.78, 5) is 11.9. The number of Topliss-reactive ketones (excluding diaryl/α,β-unsaturated/α-hetero) is 1. The van der Waals surface area contributed by atoms with Gasteiger partial charge in [-0.1, -0.05) is 48.6 Å². The summed E-state index contributed by atoms with van der Waals surface area (Å²) >= 11 is 0. The van der Waals surface area contributed by atoms with Crippen molar-refractivity contribution in [1.29, 1.82) is 0 Å². The second kappa shape index (κ2) is 5.54. The first-order chi connectivity index (χ1) is 9.34. The Morgan fingerprint density at radius 2 is 2.05 bits per heavy atom. The predicted molar refractivity (Wildman–Crippen MR) is 74.6 cm³/mol. The lowest BCUT2D eigenvalue weighted by atomic mass is 9.77. The highest BCUT2D eigenvalue weighted by Gasteiger charge is 2.34. The highest BCUT2D eigenvalue weighted by Crippen LogP contribution is 2.34. The molecule has 0 heterocycles. The first-order valence-corrected chi connectivity index (χ1v) is 6.90. The van der Waals surface area contributed by atoms with E-state index in [9.17, 15) is 4.79 Å². The van der Waals surface area contributed by atoms with E-state index in [0.29, 0.717) is 18.8 Å². The maximum atomic E-state index is 11.9. The highest BCUT2D eigenvalue weighted by molar-refractivity contribution is 5.97. The van der Waals surface area contributed by atoms with Gasteiger partial charge in [0.1, 0.15) is 0 Å². The summed E-state index contributed by atoms with van der Waals surface area (Å²) in [5, 5.41) is 0. The van der Waals surface area contributed by atoms with E-state index in [1.165, 1.54) is 5.56 Å². The molecule has 0 spiro atoms. The maximum Gasteiger partial charge on any atom is 0.159 e. The van der Waals surface area contributed by atoms with Gasteiger partial charge < -0.3 is 4.74 Å². The molecule has 1 saturated carbocycles. The van der Waals surface area contributed by atoms with Gasteiger partial charge in [-0.2, -0.15) is 0 Å². The molecule has 0 aliphatic heterocycles. The first-order valence-electron chi connectivity index (χ1n) is 6.90. The summed E-state index contributed by atoms with van der Waals surface area (Å²) in [6.45, 7) is 0.632. The molecule has 3 rings (SSSR count). The van der Waals surface area contributed by atoms with E-state index < -0.39 is 0 Å². The smallest absolute Gasteiger partial charge is 0.159 e. The number of rotatable bonds is 3. The van der Waals surface area contributed by atoms with Crippen molar-refractivity contribution in [2.24, 2.45) is 5.92 Å². The van der Waals surface area contributed by atoms with Crippen molar-refractivity contribution in [3.8, 4) is 0 Å². The average molecular weight is 254 g/mol. The van der Waals surface area contributed by atoms with E-state index in [1.807, 2.05) is 30.4 Å². The van der Waals surface area contributed by atoms with Gasteiger partial charge in [-0.3, -0.25) is 4.79 Å². The zero-order valence-corrected chi connectivity index (χ0v) is 10.9. The van der Waals surface area contributed by atoms with Crippen LogP contribution in [0, 0.1) is 5.92 Å². The molecule has 1 aromatic rings. The Morgan fingerprint density at radius 3 is 2.89 bits per heavy atom. The fourth-order valence-corrected chi connectivity index (χ4v) is 2.90. The summed E-state index contributed by atoms with van der Waals surface area (Å²) < 4.78 is 6.06. The van der Waals surface area contributed by atoms with Gasteiger partial charge >= 0.3 is 0 Å². The molecule has 1 fully saturated rings. The average Bonchev–Trinajstić information content (AvgIpc) is 2.48. The third kappa shape index (κ3) is 2.69. The lowest BCUT2D eigenvalue weighted by Crippen LogP contribution is -2.34. The van der Waals surface area contributed by atoms with Gasteiger partial charge in [0.25, 0.3) is 0 Å². The van der Waals surface area contributed by atoms with Crippen LogP contribution in [0.25, 0.3) is 0 Å². The molecule has 2 aliphatic rings. The van der Waals surface area contributed by atoms with E-state index in [0.717, 1.165) is 18.4 Å². The molecule has 2 heteroatoms. The van der Waals surface area contributed by atoms with Crippen molar-refractivity contribution in [1.82, 2.24) is 0 Å². The van der Waals surface area contributed by atoms with Crippen LogP contribution in [0.4, 0.5) is 0 Å². The minimum absolute atomic E-state index is 0.175. The number of allylic oxidation sites excluding steroid dienone is 3. The number of ketones is 1. The number of hydrogen-bond donors (Lipinski definition) is 0. The van der Waals surface area contributed by atoms with Crippen LogP contribution in [0.1, 0.15) is 24.8 Å². The van der Waals surface area contributed by atoms with E-state index in [-0.39, 0.29) is 12.0 Å². The molecular weight excluding hydrogens is 236 g/mol. The molecule has 2 nitrogen and oxygen atoms in total. The highest BCUT2D eigenvalue weighted by atomic mass is 16.5. The fraction of sp³-hybridized carbons (Fsp3) is 0.353. The molecule has 0 bridgehead atoms. The lowest BCUT2D eigenvalue weighted by Gasteiger charge is -2.33. The van der Waals surface area contributed by atoms with Crippen molar-refractivity contribution in [3.63, 3.8) is 0 Å². The lowest BCUT2D eigenvalue weighted by molar-refractivity contribution is -0.120. The van der Waals surface area contributed by atoms with Crippen LogP contribution < -0.4 is 0 Å². The molecule has 2 unspecified atom stereocenters. The number of benzene rings is 1. The third-order valence-corrected chi connectivity index (χ3v) is 3.93. The molecule has 1 aromatic carbocycles. The van der Waals surface area contributed by atoms with Crippen molar-refractivity contribution in [2.45, 2.75) is 32.0 Å². The van der Waals surface area contributed by atoms with Crippen LogP contribution in [-0.4, -0.2) is 11.9 Å². The summed E-state index contributed by atoms with van der Waals surface area (Å²) in [5.41, 5.74) is 2.16. The van der Waals surface area contributed by atoms with Crippen LogP contribution in [0.2, 0.25) is 0 Å². The van der Waals surface area contributed by atoms with E-state index in [4.69, 9.17) is 4.74 Å². The second-order valence-corrected chi connectivity index (χ2v) is 5.19. The van der Waals surface area contributed by atoms with E-state index >= 15 is 0 Å². The Morgan fingerprint density at radius 1 is 1.21 bits per heavy atom.